The number of anilines is 1. The molecule has 0 bridgehead atoms. The van der Waals surface area contributed by atoms with Crippen LogP contribution in [-0.4, -0.2) is 11.5 Å². The lowest BCUT2D eigenvalue weighted by Gasteiger charge is -2.07. The van der Waals surface area contributed by atoms with Gasteiger partial charge in [-0.3, -0.25) is 0 Å². The van der Waals surface area contributed by atoms with Gasteiger partial charge in [-0.2, -0.15) is 0 Å². The number of thiazole rings is 1. The van der Waals surface area contributed by atoms with E-state index in [1.807, 2.05) is 5.51 Å². The molecule has 2 aromatic rings. The molecule has 0 aliphatic carbocycles. The Bertz CT molecular complexity index is 488. The summed E-state index contributed by atoms with van der Waals surface area (Å²) in [6.45, 7) is 5.11. The largest absolute Gasteiger partial charge is 0.385 e. The molecule has 0 saturated carbocycles. The van der Waals surface area contributed by atoms with Crippen LogP contribution in [-0.2, 0) is 6.42 Å². The van der Waals surface area contributed by atoms with Crippen LogP contribution in [0.1, 0.15) is 16.1 Å². The molecular formula is C13H15BrN2S. The molecule has 90 valence electrons. The minimum absolute atomic E-state index is 0.943. The van der Waals surface area contributed by atoms with Gasteiger partial charge in [0.1, 0.15) is 0 Å². The second-order valence-corrected chi connectivity index (χ2v) is 5.91. The third kappa shape index (κ3) is 3.54. The van der Waals surface area contributed by atoms with Crippen molar-refractivity contribution in [3.05, 3.63) is 44.3 Å². The number of rotatable bonds is 4. The molecule has 17 heavy (non-hydrogen) atoms. The third-order valence-corrected chi connectivity index (χ3v) is 4.02. The molecule has 1 heterocycles. The molecule has 1 aromatic heterocycles. The van der Waals surface area contributed by atoms with Gasteiger partial charge in [0, 0.05) is 28.0 Å². The summed E-state index contributed by atoms with van der Waals surface area (Å²) in [6.07, 6.45) is 1.03. The van der Waals surface area contributed by atoms with Crippen molar-refractivity contribution >= 4 is 33.0 Å². The zero-order chi connectivity index (χ0) is 12.3. The molecule has 0 atom stereocenters. The van der Waals surface area contributed by atoms with Gasteiger partial charge < -0.3 is 5.32 Å². The lowest BCUT2D eigenvalue weighted by molar-refractivity contribution is 1.02. The number of hydrogen-bond acceptors (Lipinski definition) is 3. The van der Waals surface area contributed by atoms with E-state index in [1.54, 1.807) is 11.3 Å². The first kappa shape index (κ1) is 12.6. The highest BCUT2D eigenvalue weighted by molar-refractivity contribution is 9.10. The fourth-order valence-electron chi connectivity index (χ4n) is 1.72. The predicted octanol–water partition coefficient (Wildman–Crippen LogP) is 4.18. The van der Waals surface area contributed by atoms with Crippen molar-refractivity contribution in [3.63, 3.8) is 0 Å². The van der Waals surface area contributed by atoms with Crippen LogP contribution in [0.3, 0.4) is 0 Å². The van der Waals surface area contributed by atoms with Gasteiger partial charge in [-0.25, -0.2) is 4.98 Å². The number of nitrogens with one attached hydrogen (secondary N) is 1. The van der Waals surface area contributed by atoms with E-state index >= 15 is 0 Å². The summed E-state index contributed by atoms with van der Waals surface area (Å²) in [7, 11) is 0. The maximum Gasteiger partial charge on any atom is 0.0797 e. The summed E-state index contributed by atoms with van der Waals surface area (Å²) < 4.78 is 1.12. The van der Waals surface area contributed by atoms with Gasteiger partial charge >= 0.3 is 0 Å². The molecule has 0 unspecified atom stereocenters. The highest BCUT2D eigenvalue weighted by atomic mass is 79.9. The Balaban J connectivity index is 1.92. The SMILES string of the molecule is Cc1cc(Br)cc(NCCc2scnc2C)c1. The molecule has 0 radical (unpaired) electrons. The maximum absolute atomic E-state index is 4.25. The minimum Gasteiger partial charge on any atom is -0.385 e. The number of aryl methyl sites for hydroxylation is 2. The summed E-state index contributed by atoms with van der Waals surface area (Å²) in [5.41, 5.74) is 5.49. The monoisotopic (exact) mass is 310 g/mol. The summed E-state index contributed by atoms with van der Waals surface area (Å²) in [5.74, 6) is 0. The van der Waals surface area contributed by atoms with Crippen molar-refractivity contribution in [2.24, 2.45) is 0 Å². The van der Waals surface area contributed by atoms with Crippen LogP contribution >= 0.6 is 27.3 Å². The Kier molecular flexibility index (Phi) is 4.18. The van der Waals surface area contributed by atoms with Crippen LogP contribution in [0, 0.1) is 13.8 Å². The zero-order valence-corrected chi connectivity index (χ0v) is 12.4. The lowest BCUT2D eigenvalue weighted by Crippen LogP contribution is -2.04. The molecule has 2 rings (SSSR count). The zero-order valence-electron chi connectivity index (χ0n) is 9.96. The van der Waals surface area contributed by atoms with E-state index in [2.05, 4.69) is 58.3 Å². The molecule has 0 amide bonds. The molecule has 4 heteroatoms. The van der Waals surface area contributed by atoms with Gasteiger partial charge in [0.2, 0.25) is 0 Å². The van der Waals surface area contributed by atoms with E-state index in [1.165, 1.54) is 16.1 Å². The van der Waals surface area contributed by atoms with Crippen molar-refractivity contribution < 1.29 is 0 Å². The summed E-state index contributed by atoms with van der Waals surface area (Å²) >= 11 is 5.24. The fourth-order valence-corrected chi connectivity index (χ4v) is 3.11. The highest BCUT2D eigenvalue weighted by Gasteiger charge is 2.01. The van der Waals surface area contributed by atoms with E-state index in [9.17, 15) is 0 Å². The fraction of sp³-hybridized carbons (Fsp3) is 0.308. The molecule has 1 N–H and O–H groups in total. The maximum atomic E-state index is 4.25. The number of hydrogen-bond donors (Lipinski definition) is 1. The molecule has 0 fully saturated rings. The van der Waals surface area contributed by atoms with Crippen LogP contribution in [0.5, 0.6) is 0 Å². The Hall–Kier alpha value is -0.870. The normalized spacial score (nSPS) is 10.5. The predicted molar refractivity (Wildman–Crippen MR) is 77.9 cm³/mol. The number of aromatic nitrogens is 1. The van der Waals surface area contributed by atoms with Crippen molar-refractivity contribution in [1.29, 1.82) is 0 Å². The van der Waals surface area contributed by atoms with Gasteiger partial charge in [-0.15, -0.1) is 11.3 Å². The average molecular weight is 311 g/mol. The summed E-state index contributed by atoms with van der Waals surface area (Å²) in [6, 6.07) is 6.37. The number of benzene rings is 1. The quantitative estimate of drug-likeness (QED) is 0.916. The second-order valence-electron chi connectivity index (χ2n) is 4.05. The molecule has 0 aliphatic heterocycles. The van der Waals surface area contributed by atoms with E-state index in [0.717, 1.165) is 23.1 Å². The number of halogens is 1. The minimum atomic E-state index is 0.943. The Morgan fingerprint density at radius 3 is 2.76 bits per heavy atom. The van der Waals surface area contributed by atoms with E-state index < -0.39 is 0 Å². The lowest BCUT2D eigenvalue weighted by atomic mass is 10.2. The Morgan fingerprint density at radius 2 is 2.12 bits per heavy atom. The molecule has 0 spiro atoms. The highest BCUT2D eigenvalue weighted by Crippen LogP contribution is 2.19. The standard InChI is InChI=1S/C13H15BrN2S/c1-9-5-11(14)7-12(6-9)15-4-3-13-10(2)16-8-17-13/h5-8,15H,3-4H2,1-2H3. The summed E-state index contributed by atoms with van der Waals surface area (Å²) in [4.78, 5) is 5.62. The van der Waals surface area contributed by atoms with Gasteiger partial charge in [0.05, 0.1) is 11.2 Å². The van der Waals surface area contributed by atoms with Crippen LogP contribution in [0.15, 0.2) is 28.2 Å². The molecule has 2 nitrogen and oxygen atoms in total. The van der Waals surface area contributed by atoms with Crippen LogP contribution < -0.4 is 5.32 Å². The van der Waals surface area contributed by atoms with Gasteiger partial charge in [0.15, 0.2) is 0 Å². The van der Waals surface area contributed by atoms with E-state index in [0.29, 0.717) is 0 Å². The van der Waals surface area contributed by atoms with Gasteiger partial charge in [-0.1, -0.05) is 15.9 Å². The van der Waals surface area contributed by atoms with E-state index in [4.69, 9.17) is 0 Å². The van der Waals surface area contributed by atoms with Crippen molar-refractivity contribution in [2.75, 3.05) is 11.9 Å². The first-order chi connectivity index (χ1) is 8.15. The molecule has 0 aliphatic rings. The van der Waals surface area contributed by atoms with Gasteiger partial charge in [0.25, 0.3) is 0 Å². The summed E-state index contributed by atoms with van der Waals surface area (Å²) in [5, 5.41) is 3.44. The first-order valence-electron chi connectivity index (χ1n) is 5.55. The van der Waals surface area contributed by atoms with Crippen LogP contribution in [0.25, 0.3) is 0 Å². The smallest absolute Gasteiger partial charge is 0.0797 e. The molecular weight excluding hydrogens is 296 g/mol. The number of nitrogens with zero attached hydrogens (tertiary/aromatic N) is 1. The molecule has 0 saturated heterocycles. The Morgan fingerprint density at radius 1 is 1.29 bits per heavy atom. The van der Waals surface area contributed by atoms with Crippen LogP contribution in [0.4, 0.5) is 5.69 Å². The Labute approximate surface area is 114 Å². The van der Waals surface area contributed by atoms with Crippen molar-refractivity contribution in [1.82, 2.24) is 4.98 Å². The van der Waals surface area contributed by atoms with E-state index in [-0.39, 0.29) is 0 Å². The first-order valence-corrected chi connectivity index (χ1v) is 7.22. The van der Waals surface area contributed by atoms with Crippen molar-refractivity contribution in [2.45, 2.75) is 20.3 Å². The van der Waals surface area contributed by atoms with Gasteiger partial charge in [-0.05, 0) is 37.6 Å². The third-order valence-electron chi connectivity index (χ3n) is 2.57. The second kappa shape index (κ2) is 5.65. The average Bonchev–Trinajstić information content (AvgIpc) is 2.63. The topological polar surface area (TPSA) is 24.9 Å². The van der Waals surface area contributed by atoms with Crippen LogP contribution in [0.2, 0.25) is 0 Å². The van der Waals surface area contributed by atoms with Crippen molar-refractivity contribution in [3.8, 4) is 0 Å². The molecule has 1 aromatic carbocycles.